The Hall–Kier alpha value is -1.25. The summed E-state index contributed by atoms with van der Waals surface area (Å²) in [5.41, 5.74) is 1.99. The fourth-order valence-corrected chi connectivity index (χ4v) is 5.13. The number of fused-ring (bicyclic) bond motifs is 1. The van der Waals surface area contributed by atoms with Crippen molar-refractivity contribution in [2.24, 2.45) is 0 Å². The van der Waals surface area contributed by atoms with Gasteiger partial charge in [0, 0.05) is 22.9 Å². The van der Waals surface area contributed by atoms with E-state index in [-0.39, 0.29) is 18.3 Å². The van der Waals surface area contributed by atoms with E-state index in [0.29, 0.717) is 13.0 Å². The van der Waals surface area contributed by atoms with Crippen LogP contribution in [-0.2, 0) is 11.2 Å². The second-order valence-electron chi connectivity index (χ2n) is 6.93. The number of benzene rings is 2. The van der Waals surface area contributed by atoms with Crippen LogP contribution in [0.4, 0.5) is 5.13 Å². The third kappa shape index (κ3) is 6.62. The van der Waals surface area contributed by atoms with Crippen molar-refractivity contribution in [3.05, 3.63) is 48.0 Å². The van der Waals surface area contributed by atoms with Crippen molar-refractivity contribution in [1.29, 1.82) is 0 Å². The normalized spacial score (nSPS) is 11.0. The summed E-state index contributed by atoms with van der Waals surface area (Å²) in [4.78, 5) is 24.4. The number of aromatic nitrogens is 1. The van der Waals surface area contributed by atoms with Crippen LogP contribution < -0.4 is 4.90 Å². The standard InChI is InChI=1S/C22H27N3OS3.ClH/c1-5-28-17-8-6-16(7-9-17)14-21(26)25(13-12-24(2)3)22-23-19-11-10-18(27-4)15-20(19)29-22;/h6-11,15H,5,12-14H2,1-4H3;1H. The van der Waals surface area contributed by atoms with Crippen molar-refractivity contribution >= 4 is 68.5 Å². The van der Waals surface area contributed by atoms with E-state index in [0.717, 1.165) is 33.2 Å². The highest BCUT2D eigenvalue weighted by Gasteiger charge is 2.20. The minimum atomic E-state index is 0. The number of thiazole rings is 1. The Bertz CT molecular complexity index is 960. The molecule has 4 nitrogen and oxygen atoms in total. The summed E-state index contributed by atoms with van der Waals surface area (Å²) in [5, 5.41) is 0.781. The molecular formula is C22H28ClN3OS3. The number of thioether (sulfide) groups is 2. The molecule has 0 atom stereocenters. The average molecular weight is 482 g/mol. The second kappa shape index (κ2) is 12.0. The van der Waals surface area contributed by atoms with Crippen molar-refractivity contribution in [2.75, 3.05) is 44.1 Å². The highest BCUT2D eigenvalue weighted by Crippen LogP contribution is 2.32. The molecule has 8 heteroatoms. The van der Waals surface area contributed by atoms with Crippen LogP contribution in [0.3, 0.4) is 0 Å². The van der Waals surface area contributed by atoms with Gasteiger partial charge in [0.1, 0.15) is 0 Å². The molecule has 0 bridgehead atoms. The summed E-state index contributed by atoms with van der Waals surface area (Å²) in [5.74, 6) is 1.14. The van der Waals surface area contributed by atoms with Crippen LogP contribution in [0.1, 0.15) is 12.5 Å². The van der Waals surface area contributed by atoms with Gasteiger partial charge in [-0.15, -0.1) is 35.9 Å². The Balaban J connectivity index is 0.00000320. The van der Waals surface area contributed by atoms with E-state index in [1.54, 1.807) is 23.1 Å². The molecule has 0 N–H and O–H groups in total. The average Bonchev–Trinajstić information content (AvgIpc) is 3.12. The first kappa shape index (κ1) is 25.0. The maximum absolute atomic E-state index is 13.2. The Morgan fingerprint density at radius 3 is 2.40 bits per heavy atom. The summed E-state index contributed by atoms with van der Waals surface area (Å²) in [6.07, 6.45) is 2.46. The van der Waals surface area contributed by atoms with Crippen LogP contribution in [0.5, 0.6) is 0 Å². The molecular weight excluding hydrogens is 454 g/mol. The molecule has 3 rings (SSSR count). The lowest BCUT2D eigenvalue weighted by molar-refractivity contribution is -0.118. The molecule has 0 fully saturated rings. The Morgan fingerprint density at radius 2 is 1.77 bits per heavy atom. The fraction of sp³-hybridized carbons (Fsp3) is 0.364. The van der Waals surface area contributed by atoms with E-state index in [4.69, 9.17) is 4.98 Å². The highest BCUT2D eigenvalue weighted by atomic mass is 35.5. The number of anilines is 1. The van der Waals surface area contributed by atoms with Gasteiger partial charge in [0.25, 0.3) is 0 Å². The van der Waals surface area contributed by atoms with Crippen LogP contribution in [0, 0.1) is 0 Å². The summed E-state index contributed by atoms with van der Waals surface area (Å²) in [7, 11) is 4.05. The van der Waals surface area contributed by atoms with Crippen LogP contribution in [-0.4, -0.2) is 55.0 Å². The number of carbonyl (C=O) groups is 1. The van der Waals surface area contributed by atoms with E-state index in [1.165, 1.54) is 9.79 Å². The lowest BCUT2D eigenvalue weighted by atomic mass is 10.1. The Morgan fingerprint density at radius 1 is 1.07 bits per heavy atom. The van der Waals surface area contributed by atoms with Gasteiger partial charge in [-0.25, -0.2) is 4.98 Å². The predicted octanol–water partition coefficient (Wildman–Crippen LogP) is 5.69. The van der Waals surface area contributed by atoms with Gasteiger partial charge in [-0.2, -0.15) is 0 Å². The first-order chi connectivity index (χ1) is 14.0. The minimum absolute atomic E-state index is 0. The molecule has 0 aliphatic rings. The molecule has 0 aliphatic carbocycles. The monoisotopic (exact) mass is 481 g/mol. The molecule has 2 aromatic carbocycles. The Labute approximate surface area is 197 Å². The number of rotatable bonds is 9. The number of halogens is 1. The maximum Gasteiger partial charge on any atom is 0.233 e. The molecule has 0 unspecified atom stereocenters. The third-order valence-electron chi connectivity index (χ3n) is 4.48. The van der Waals surface area contributed by atoms with Gasteiger partial charge in [0.15, 0.2) is 5.13 Å². The van der Waals surface area contributed by atoms with E-state index in [9.17, 15) is 4.79 Å². The van der Waals surface area contributed by atoms with Gasteiger partial charge >= 0.3 is 0 Å². The topological polar surface area (TPSA) is 36.4 Å². The van der Waals surface area contributed by atoms with E-state index in [1.807, 2.05) is 36.8 Å². The van der Waals surface area contributed by atoms with Crippen molar-refractivity contribution in [3.8, 4) is 0 Å². The zero-order valence-electron chi connectivity index (χ0n) is 17.8. The molecule has 1 aromatic heterocycles. The summed E-state index contributed by atoms with van der Waals surface area (Å²) >= 11 is 5.12. The number of carbonyl (C=O) groups excluding carboxylic acids is 1. The summed E-state index contributed by atoms with van der Waals surface area (Å²) in [6, 6.07) is 14.6. The van der Waals surface area contributed by atoms with Crippen LogP contribution in [0.25, 0.3) is 10.2 Å². The number of amides is 1. The molecule has 0 saturated heterocycles. The summed E-state index contributed by atoms with van der Waals surface area (Å²) < 4.78 is 1.12. The quantitative estimate of drug-likeness (QED) is 0.367. The van der Waals surface area contributed by atoms with Crippen molar-refractivity contribution in [1.82, 2.24) is 9.88 Å². The number of likely N-dealkylation sites (N-methyl/N-ethyl adjacent to an activating group) is 1. The zero-order chi connectivity index (χ0) is 20.8. The van der Waals surface area contributed by atoms with Gasteiger partial charge in [-0.05, 0) is 62.0 Å². The molecule has 0 spiro atoms. The third-order valence-corrected chi connectivity index (χ3v) is 7.14. The Kier molecular flexibility index (Phi) is 9.97. The fourth-order valence-electron chi connectivity index (χ4n) is 2.90. The van der Waals surface area contributed by atoms with E-state index in [2.05, 4.69) is 54.5 Å². The van der Waals surface area contributed by atoms with Gasteiger partial charge in [-0.1, -0.05) is 30.4 Å². The molecule has 0 aliphatic heterocycles. The van der Waals surface area contributed by atoms with Crippen LogP contribution >= 0.6 is 47.3 Å². The lowest BCUT2D eigenvalue weighted by Crippen LogP contribution is -2.37. The van der Waals surface area contributed by atoms with Crippen LogP contribution in [0.15, 0.2) is 52.3 Å². The first-order valence-electron chi connectivity index (χ1n) is 9.61. The number of nitrogens with zero attached hydrogens (tertiary/aromatic N) is 3. The predicted molar refractivity (Wildman–Crippen MR) is 136 cm³/mol. The molecule has 1 amide bonds. The molecule has 162 valence electrons. The smallest absolute Gasteiger partial charge is 0.233 e. The van der Waals surface area contributed by atoms with Crippen molar-refractivity contribution < 1.29 is 4.79 Å². The lowest BCUT2D eigenvalue weighted by Gasteiger charge is -2.22. The largest absolute Gasteiger partial charge is 0.308 e. The molecule has 3 aromatic rings. The zero-order valence-corrected chi connectivity index (χ0v) is 21.0. The van der Waals surface area contributed by atoms with Gasteiger partial charge < -0.3 is 4.90 Å². The van der Waals surface area contributed by atoms with E-state index >= 15 is 0 Å². The van der Waals surface area contributed by atoms with Gasteiger partial charge in [-0.3, -0.25) is 9.69 Å². The maximum atomic E-state index is 13.2. The second-order valence-corrected chi connectivity index (χ2v) is 10.2. The van der Waals surface area contributed by atoms with Crippen molar-refractivity contribution in [3.63, 3.8) is 0 Å². The number of hydrogen-bond donors (Lipinski definition) is 0. The SMILES string of the molecule is CCSc1ccc(CC(=O)N(CCN(C)C)c2nc3ccc(SC)cc3s2)cc1.Cl. The number of hydrogen-bond acceptors (Lipinski definition) is 6. The molecule has 0 radical (unpaired) electrons. The van der Waals surface area contributed by atoms with Gasteiger partial charge in [0.2, 0.25) is 5.91 Å². The first-order valence-corrected chi connectivity index (χ1v) is 12.6. The highest BCUT2D eigenvalue weighted by molar-refractivity contribution is 7.99. The van der Waals surface area contributed by atoms with Crippen LogP contribution in [0.2, 0.25) is 0 Å². The molecule has 0 saturated carbocycles. The van der Waals surface area contributed by atoms with Crippen molar-refractivity contribution in [2.45, 2.75) is 23.1 Å². The van der Waals surface area contributed by atoms with Gasteiger partial charge in [0.05, 0.1) is 16.6 Å². The molecule has 30 heavy (non-hydrogen) atoms. The van der Waals surface area contributed by atoms with E-state index < -0.39 is 0 Å². The summed E-state index contributed by atoms with van der Waals surface area (Å²) in [6.45, 7) is 3.57. The minimum Gasteiger partial charge on any atom is -0.308 e. The molecule has 1 heterocycles.